The zero-order valence-electron chi connectivity index (χ0n) is 12.4. The van der Waals surface area contributed by atoms with Gasteiger partial charge in [-0.1, -0.05) is 0 Å². The molecule has 2 amide bonds. The number of hydrogen-bond acceptors (Lipinski definition) is 5. The first-order chi connectivity index (χ1) is 9.23. The third kappa shape index (κ3) is 5.07. The van der Waals surface area contributed by atoms with E-state index in [0.717, 1.165) is 0 Å². The van der Waals surface area contributed by atoms with Crippen LogP contribution in [0.1, 0.15) is 34.1 Å². The van der Waals surface area contributed by atoms with Crippen LogP contribution < -0.4 is 5.32 Å². The van der Waals surface area contributed by atoms with Crippen LogP contribution in [0.25, 0.3) is 0 Å². The van der Waals surface area contributed by atoms with Crippen molar-refractivity contribution in [3.63, 3.8) is 0 Å². The highest BCUT2D eigenvalue weighted by molar-refractivity contribution is 5.90. The Morgan fingerprint density at radius 2 is 2.05 bits per heavy atom. The molecule has 1 aliphatic heterocycles. The number of hydrogen-bond donors (Lipinski definition) is 1. The molecule has 0 aliphatic carbocycles. The zero-order valence-corrected chi connectivity index (χ0v) is 12.4. The summed E-state index contributed by atoms with van der Waals surface area (Å²) in [6, 6.07) is -0.640. The molecule has 0 aromatic heterocycles. The number of esters is 1. The summed E-state index contributed by atoms with van der Waals surface area (Å²) in [6.07, 6.45) is -0.175. The summed E-state index contributed by atoms with van der Waals surface area (Å²) in [5.41, 5.74) is -0.615. The summed E-state index contributed by atoms with van der Waals surface area (Å²) in [4.78, 5) is 36.3. The van der Waals surface area contributed by atoms with Crippen LogP contribution >= 0.6 is 0 Å². The number of likely N-dealkylation sites (tertiary alicyclic amines) is 1. The van der Waals surface area contributed by atoms with Crippen LogP contribution in [0, 0.1) is 0 Å². The molecular weight excluding hydrogens is 264 g/mol. The van der Waals surface area contributed by atoms with Gasteiger partial charge in [-0.25, -0.2) is 4.79 Å². The molecule has 1 heterocycles. The fourth-order valence-corrected chi connectivity index (χ4v) is 1.84. The van der Waals surface area contributed by atoms with Gasteiger partial charge in [-0.3, -0.25) is 9.59 Å². The summed E-state index contributed by atoms with van der Waals surface area (Å²) in [7, 11) is 0. The van der Waals surface area contributed by atoms with E-state index in [2.05, 4.69) is 5.32 Å². The van der Waals surface area contributed by atoms with Crippen LogP contribution in [-0.2, 0) is 19.1 Å². The first-order valence-electron chi connectivity index (χ1n) is 6.67. The monoisotopic (exact) mass is 286 g/mol. The maximum Gasteiger partial charge on any atom is 0.408 e. The minimum atomic E-state index is -0.640. The van der Waals surface area contributed by atoms with E-state index < -0.39 is 23.7 Å². The molecule has 0 aromatic rings. The molecule has 1 N–H and O–H groups in total. The van der Waals surface area contributed by atoms with Crippen molar-refractivity contribution in [2.24, 2.45) is 0 Å². The molecule has 1 aliphatic rings. The predicted molar refractivity (Wildman–Crippen MR) is 71.0 cm³/mol. The Morgan fingerprint density at radius 3 is 2.60 bits per heavy atom. The van der Waals surface area contributed by atoms with Crippen LogP contribution in [0.4, 0.5) is 4.79 Å². The van der Waals surface area contributed by atoms with Crippen molar-refractivity contribution in [3.05, 3.63) is 0 Å². The van der Waals surface area contributed by atoms with Crippen molar-refractivity contribution < 1.29 is 23.9 Å². The molecule has 1 fully saturated rings. The highest BCUT2D eigenvalue weighted by Gasteiger charge is 2.34. The molecule has 0 aromatic carbocycles. The molecule has 20 heavy (non-hydrogen) atoms. The molecule has 1 saturated heterocycles. The summed E-state index contributed by atoms with van der Waals surface area (Å²) >= 11 is 0. The molecular formula is C13H22N2O5. The van der Waals surface area contributed by atoms with Gasteiger partial charge in [0.2, 0.25) is 5.91 Å². The number of amides is 2. The summed E-state index contributed by atoms with van der Waals surface area (Å²) in [6.45, 7) is 7.55. The van der Waals surface area contributed by atoms with Gasteiger partial charge in [-0.05, 0) is 34.1 Å². The SMILES string of the molecule is CCOC(=O)CN1CC[C@H](NC(=O)OC(C)(C)C)C1=O. The first kappa shape index (κ1) is 16.3. The number of ether oxygens (including phenoxy) is 2. The van der Waals surface area contributed by atoms with E-state index in [9.17, 15) is 14.4 Å². The molecule has 114 valence electrons. The maximum absolute atomic E-state index is 12.0. The lowest BCUT2D eigenvalue weighted by Gasteiger charge is -2.21. The van der Waals surface area contributed by atoms with Crippen LogP contribution in [0.5, 0.6) is 0 Å². The lowest BCUT2D eigenvalue weighted by atomic mass is 10.2. The average molecular weight is 286 g/mol. The second kappa shape index (κ2) is 6.58. The Balaban J connectivity index is 2.45. The summed E-state index contributed by atoms with van der Waals surface area (Å²) in [5.74, 6) is -0.734. The number of alkyl carbamates (subject to hydrolysis) is 1. The molecule has 0 saturated carbocycles. The molecule has 0 spiro atoms. The summed E-state index contributed by atoms with van der Waals surface area (Å²) in [5, 5.41) is 2.52. The minimum absolute atomic E-state index is 0.0842. The van der Waals surface area contributed by atoms with Gasteiger partial charge in [0.15, 0.2) is 0 Å². The van der Waals surface area contributed by atoms with E-state index in [-0.39, 0.29) is 19.1 Å². The number of carbonyl (C=O) groups is 3. The molecule has 1 rings (SSSR count). The third-order valence-electron chi connectivity index (χ3n) is 2.61. The predicted octanol–water partition coefficient (Wildman–Crippen LogP) is 0.675. The Labute approximate surface area is 118 Å². The Hall–Kier alpha value is -1.79. The van der Waals surface area contributed by atoms with Crippen molar-refractivity contribution in [1.29, 1.82) is 0 Å². The van der Waals surface area contributed by atoms with Crippen LogP contribution in [0.15, 0.2) is 0 Å². The van der Waals surface area contributed by atoms with Crippen molar-refractivity contribution in [2.45, 2.75) is 45.8 Å². The highest BCUT2D eigenvalue weighted by atomic mass is 16.6. The average Bonchev–Trinajstić information content (AvgIpc) is 2.59. The number of nitrogens with zero attached hydrogens (tertiary/aromatic N) is 1. The van der Waals surface area contributed by atoms with Crippen molar-refractivity contribution in [3.8, 4) is 0 Å². The van der Waals surface area contributed by atoms with Gasteiger partial charge in [0.25, 0.3) is 0 Å². The van der Waals surface area contributed by atoms with Crippen molar-refractivity contribution >= 4 is 18.0 Å². The van der Waals surface area contributed by atoms with Gasteiger partial charge in [0.05, 0.1) is 6.61 Å². The molecule has 0 bridgehead atoms. The van der Waals surface area contributed by atoms with Crippen LogP contribution in [-0.4, -0.2) is 54.2 Å². The lowest BCUT2D eigenvalue weighted by Crippen LogP contribution is -2.44. The topological polar surface area (TPSA) is 84.9 Å². The van der Waals surface area contributed by atoms with E-state index in [4.69, 9.17) is 9.47 Å². The van der Waals surface area contributed by atoms with E-state index in [1.807, 2.05) is 0 Å². The van der Waals surface area contributed by atoms with Crippen LogP contribution in [0.2, 0.25) is 0 Å². The number of carbonyl (C=O) groups excluding carboxylic acids is 3. The molecule has 0 radical (unpaired) electrons. The van der Waals surface area contributed by atoms with Gasteiger partial charge in [-0.15, -0.1) is 0 Å². The minimum Gasteiger partial charge on any atom is -0.465 e. The zero-order chi connectivity index (χ0) is 15.3. The fraction of sp³-hybridized carbons (Fsp3) is 0.769. The first-order valence-corrected chi connectivity index (χ1v) is 6.67. The third-order valence-corrected chi connectivity index (χ3v) is 2.61. The number of nitrogens with one attached hydrogen (secondary N) is 1. The molecule has 1 atom stereocenters. The molecule has 7 heteroatoms. The second-order valence-electron chi connectivity index (χ2n) is 5.55. The fourth-order valence-electron chi connectivity index (χ4n) is 1.84. The van der Waals surface area contributed by atoms with Gasteiger partial charge >= 0.3 is 12.1 Å². The second-order valence-corrected chi connectivity index (χ2v) is 5.55. The quantitative estimate of drug-likeness (QED) is 0.768. The largest absolute Gasteiger partial charge is 0.465 e. The van der Waals surface area contributed by atoms with E-state index in [0.29, 0.717) is 13.0 Å². The number of rotatable bonds is 4. The molecule has 0 unspecified atom stereocenters. The Bertz CT molecular complexity index is 389. The van der Waals surface area contributed by atoms with Crippen molar-refractivity contribution in [2.75, 3.05) is 19.7 Å². The van der Waals surface area contributed by atoms with Gasteiger partial charge in [0, 0.05) is 6.54 Å². The standard InChI is InChI=1S/C13H22N2O5/c1-5-19-10(16)8-15-7-6-9(11(15)17)14-12(18)20-13(2,3)4/h9H,5-8H2,1-4H3,(H,14,18)/t9-/m0/s1. The van der Waals surface area contributed by atoms with E-state index in [1.54, 1.807) is 27.7 Å². The normalized spacial score (nSPS) is 18.9. The maximum atomic E-state index is 12.0. The molecule has 7 nitrogen and oxygen atoms in total. The lowest BCUT2D eigenvalue weighted by molar-refractivity contribution is -0.147. The van der Waals surface area contributed by atoms with Gasteiger partial charge in [0.1, 0.15) is 18.2 Å². The van der Waals surface area contributed by atoms with Crippen molar-refractivity contribution in [1.82, 2.24) is 10.2 Å². The van der Waals surface area contributed by atoms with Crippen LogP contribution in [0.3, 0.4) is 0 Å². The van der Waals surface area contributed by atoms with Gasteiger partial charge in [-0.2, -0.15) is 0 Å². The van der Waals surface area contributed by atoms with E-state index in [1.165, 1.54) is 4.90 Å². The smallest absolute Gasteiger partial charge is 0.408 e. The Morgan fingerprint density at radius 1 is 1.40 bits per heavy atom. The summed E-state index contributed by atoms with van der Waals surface area (Å²) < 4.78 is 9.88. The highest BCUT2D eigenvalue weighted by Crippen LogP contribution is 2.13. The van der Waals surface area contributed by atoms with Gasteiger partial charge < -0.3 is 19.7 Å². The van der Waals surface area contributed by atoms with E-state index >= 15 is 0 Å². The Kier molecular flexibility index (Phi) is 5.35.